The molecule has 1 amide bonds. The van der Waals surface area contributed by atoms with Gasteiger partial charge < -0.3 is 10.4 Å². The second-order valence-corrected chi connectivity index (χ2v) is 6.82. The number of amides is 1. The minimum atomic E-state index is -4.83. The fraction of sp³-hybridized carbons (Fsp3) is 0.353. The summed E-state index contributed by atoms with van der Waals surface area (Å²) in [7, 11) is 0. The van der Waals surface area contributed by atoms with Gasteiger partial charge in [0.25, 0.3) is 5.91 Å². The summed E-state index contributed by atoms with van der Waals surface area (Å²) in [4.78, 5) is 22.9. The normalized spacial score (nSPS) is 12.1. The molecule has 2 aromatic rings. The van der Waals surface area contributed by atoms with Crippen molar-refractivity contribution in [3.05, 3.63) is 47.0 Å². The van der Waals surface area contributed by atoms with Gasteiger partial charge >= 0.3 is 12.1 Å². The molecule has 2 rings (SSSR count). The van der Waals surface area contributed by atoms with Crippen LogP contribution in [0.5, 0.6) is 0 Å². The average molecular weight is 387 g/mol. The van der Waals surface area contributed by atoms with Gasteiger partial charge in [-0.2, -0.15) is 18.3 Å². The lowest BCUT2D eigenvalue weighted by atomic mass is 10.1. The van der Waals surface area contributed by atoms with Crippen molar-refractivity contribution in [3.8, 4) is 0 Å². The first-order valence-electron chi connectivity index (χ1n) is 7.78. The van der Waals surface area contributed by atoms with E-state index in [2.05, 4.69) is 10.4 Å². The number of nitrogens with one attached hydrogen (secondary N) is 1. The molecule has 0 saturated carbocycles. The molecule has 2 N–H and O–H groups in total. The number of carboxylic acid groups (broad SMARTS) is 1. The molecule has 0 fully saturated rings. The Hall–Kier alpha value is -2.91. The van der Waals surface area contributed by atoms with Crippen LogP contribution in [0.2, 0.25) is 0 Å². The number of aromatic nitrogens is 2. The predicted molar refractivity (Wildman–Crippen MR) is 87.9 cm³/mol. The van der Waals surface area contributed by atoms with Crippen LogP contribution in [-0.2, 0) is 22.9 Å². The minimum absolute atomic E-state index is 0.108. The van der Waals surface area contributed by atoms with Crippen LogP contribution in [0.15, 0.2) is 24.4 Å². The molecule has 0 spiro atoms. The maximum Gasteiger partial charge on any atom is 0.433 e. The van der Waals surface area contributed by atoms with E-state index in [1.165, 1.54) is 26.8 Å². The van der Waals surface area contributed by atoms with E-state index in [-0.39, 0.29) is 11.3 Å². The van der Waals surface area contributed by atoms with E-state index >= 15 is 0 Å². The lowest BCUT2D eigenvalue weighted by molar-refractivity contribution is -0.146. The predicted octanol–water partition coefficient (Wildman–Crippen LogP) is 3.68. The molecule has 10 heteroatoms. The van der Waals surface area contributed by atoms with E-state index in [1.807, 2.05) is 0 Å². The minimum Gasteiger partial charge on any atom is -0.481 e. The van der Waals surface area contributed by atoms with Gasteiger partial charge in [-0.25, -0.2) is 4.39 Å². The van der Waals surface area contributed by atoms with Gasteiger partial charge in [0.1, 0.15) is 5.82 Å². The van der Waals surface area contributed by atoms with Crippen molar-refractivity contribution >= 4 is 17.6 Å². The average Bonchev–Trinajstić information content (AvgIpc) is 2.95. The lowest BCUT2D eigenvalue weighted by Gasteiger charge is -2.23. The standard InChI is InChI=1S/C17H17F4N3O3/c1-16(2,3)24-14(17(19,20)21)11(8-22-24)15(27)23-10-5-4-9(6-13(25)26)12(18)7-10/h4-5,7-8H,6H2,1-3H3,(H,23,27)(H,25,26). The molecule has 6 nitrogen and oxygen atoms in total. The molecule has 27 heavy (non-hydrogen) atoms. The van der Waals surface area contributed by atoms with Gasteiger partial charge in [-0.3, -0.25) is 14.3 Å². The Labute approximate surface area is 151 Å². The number of hydrogen-bond donors (Lipinski definition) is 2. The number of halogens is 4. The Bertz CT molecular complexity index is 883. The number of carbonyl (C=O) groups excluding carboxylic acids is 1. The zero-order chi connectivity index (χ0) is 20.6. The Balaban J connectivity index is 2.35. The molecule has 0 aliphatic rings. The fourth-order valence-electron chi connectivity index (χ4n) is 2.43. The number of alkyl halides is 3. The van der Waals surface area contributed by atoms with Crippen LogP contribution in [-0.4, -0.2) is 26.8 Å². The molecule has 146 valence electrons. The summed E-state index contributed by atoms with van der Waals surface area (Å²) < 4.78 is 54.9. The third-order valence-electron chi connectivity index (χ3n) is 3.57. The first-order chi connectivity index (χ1) is 12.3. The van der Waals surface area contributed by atoms with Crippen molar-refractivity contribution in [1.29, 1.82) is 0 Å². The molecule has 1 heterocycles. The van der Waals surface area contributed by atoms with Gasteiger partial charge in [-0.1, -0.05) is 6.07 Å². The molecule has 1 aromatic heterocycles. The van der Waals surface area contributed by atoms with Crippen LogP contribution in [0.3, 0.4) is 0 Å². The maximum atomic E-state index is 13.9. The molecule has 0 bridgehead atoms. The summed E-state index contributed by atoms with van der Waals surface area (Å²) in [6.45, 7) is 4.52. The van der Waals surface area contributed by atoms with Crippen molar-refractivity contribution < 1.29 is 32.3 Å². The number of benzene rings is 1. The Morgan fingerprint density at radius 2 is 1.85 bits per heavy atom. The van der Waals surface area contributed by atoms with E-state index in [0.29, 0.717) is 4.68 Å². The van der Waals surface area contributed by atoms with Gasteiger partial charge in [0.05, 0.1) is 23.7 Å². The van der Waals surface area contributed by atoms with E-state index in [4.69, 9.17) is 5.11 Å². The zero-order valence-corrected chi connectivity index (χ0v) is 14.7. The highest BCUT2D eigenvalue weighted by Gasteiger charge is 2.42. The topological polar surface area (TPSA) is 84.2 Å². The highest BCUT2D eigenvalue weighted by molar-refractivity contribution is 6.05. The van der Waals surface area contributed by atoms with Crippen molar-refractivity contribution in [2.75, 3.05) is 5.32 Å². The highest BCUT2D eigenvalue weighted by atomic mass is 19.4. The second kappa shape index (κ2) is 7.01. The van der Waals surface area contributed by atoms with Crippen LogP contribution in [0.4, 0.5) is 23.2 Å². The first kappa shape index (κ1) is 20.4. The number of anilines is 1. The molecule has 0 unspecified atom stereocenters. The molecular formula is C17H17F4N3O3. The molecule has 1 aromatic carbocycles. The number of nitrogens with zero attached hydrogens (tertiary/aromatic N) is 2. The monoisotopic (exact) mass is 387 g/mol. The van der Waals surface area contributed by atoms with E-state index < -0.39 is 47.1 Å². The van der Waals surface area contributed by atoms with Crippen molar-refractivity contribution in [3.63, 3.8) is 0 Å². The summed E-state index contributed by atoms with van der Waals surface area (Å²) in [5.41, 5.74) is -3.16. The van der Waals surface area contributed by atoms with Crippen LogP contribution >= 0.6 is 0 Å². The van der Waals surface area contributed by atoms with Gasteiger partial charge in [0, 0.05) is 5.69 Å². The van der Waals surface area contributed by atoms with Crippen molar-refractivity contribution in [1.82, 2.24) is 9.78 Å². The van der Waals surface area contributed by atoms with Gasteiger partial charge in [-0.05, 0) is 38.5 Å². The molecule has 0 atom stereocenters. The summed E-state index contributed by atoms with van der Waals surface area (Å²) in [6.07, 6.45) is -4.58. The van der Waals surface area contributed by atoms with E-state index in [0.717, 1.165) is 18.3 Å². The zero-order valence-electron chi connectivity index (χ0n) is 14.7. The van der Waals surface area contributed by atoms with E-state index in [1.54, 1.807) is 0 Å². The van der Waals surface area contributed by atoms with E-state index in [9.17, 15) is 27.2 Å². The Morgan fingerprint density at radius 3 is 2.33 bits per heavy atom. The van der Waals surface area contributed by atoms with Crippen LogP contribution in [0.25, 0.3) is 0 Å². The first-order valence-corrected chi connectivity index (χ1v) is 7.78. The summed E-state index contributed by atoms with van der Waals surface area (Å²) in [5, 5.41) is 14.5. The van der Waals surface area contributed by atoms with Crippen LogP contribution in [0.1, 0.15) is 42.4 Å². The second-order valence-electron chi connectivity index (χ2n) is 6.82. The summed E-state index contributed by atoms with van der Waals surface area (Å²) in [5.74, 6) is -3.24. The third-order valence-corrected chi connectivity index (χ3v) is 3.57. The Morgan fingerprint density at radius 1 is 1.22 bits per heavy atom. The largest absolute Gasteiger partial charge is 0.481 e. The SMILES string of the molecule is CC(C)(C)n1ncc(C(=O)Nc2ccc(CC(=O)O)c(F)c2)c1C(F)(F)F. The van der Waals surface area contributed by atoms with Gasteiger partial charge in [-0.15, -0.1) is 0 Å². The number of carboxylic acids is 1. The summed E-state index contributed by atoms with van der Waals surface area (Å²) in [6, 6.07) is 3.20. The number of rotatable bonds is 4. The molecule has 0 saturated heterocycles. The van der Waals surface area contributed by atoms with Crippen LogP contribution < -0.4 is 5.32 Å². The molecule has 0 aliphatic heterocycles. The lowest BCUT2D eigenvalue weighted by Crippen LogP contribution is -2.30. The van der Waals surface area contributed by atoms with Crippen molar-refractivity contribution in [2.45, 2.75) is 38.9 Å². The number of carbonyl (C=O) groups is 2. The molecular weight excluding hydrogens is 370 g/mol. The molecule has 0 aliphatic carbocycles. The third kappa shape index (κ3) is 4.63. The maximum absolute atomic E-state index is 13.9. The number of hydrogen-bond acceptors (Lipinski definition) is 3. The Kier molecular flexibility index (Phi) is 5.30. The van der Waals surface area contributed by atoms with Gasteiger partial charge in [0.2, 0.25) is 0 Å². The van der Waals surface area contributed by atoms with Crippen molar-refractivity contribution in [2.24, 2.45) is 0 Å². The highest BCUT2D eigenvalue weighted by Crippen LogP contribution is 2.35. The smallest absolute Gasteiger partial charge is 0.433 e. The van der Waals surface area contributed by atoms with Gasteiger partial charge in [0.15, 0.2) is 5.69 Å². The molecule has 0 radical (unpaired) electrons. The van der Waals surface area contributed by atoms with Crippen LogP contribution in [0, 0.1) is 5.82 Å². The number of aliphatic carboxylic acids is 1. The fourth-order valence-corrected chi connectivity index (χ4v) is 2.43. The summed E-state index contributed by atoms with van der Waals surface area (Å²) >= 11 is 0. The quantitative estimate of drug-likeness (QED) is 0.784.